The molecule has 160 valence electrons. The zero-order valence-electron chi connectivity index (χ0n) is 17.5. The van der Waals surface area contributed by atoms with Crippen molar-refractivity contribution >= 4 is 15.9 Å². The Morgan fingerprint density at radius 3 is 2.16 bits per heavy atom. The number of nitrogens with one attached hydrogen (secondary N) is 1. The third-order valence-corrected chi connectivity index (χ3v) is 7.52. The summed E-state index contributed by atoms with van der Waals surface area (Å²) < 4.78 is 26.9. The largest absolute Gasteiger partial charge is 0.341 e. The van der Waals surface area contributed by atoms with E-state index in [1.54, 1.807) is 12.1 Å². The predicted octanol–water partition coefficient (Wildman–Crippen LogP) is 4.30. The number of carbonyl (C=O) groups excluding carboxylic acids is 1. The smallest absolute Gasteiger partial charge is 0.252 e. The predicted molar refractivity (Wildman–Crippen MR) is 121 cm³/mol. The minimum Gasteiger partial charge on any atom is -0.341 e. The average Bonchev–Trinajstić information content (AvgIpc) is 3.34. The Balaban J connectivity index is 1.57. The number of nitrogens with zero attached hydrogens (tertiary/aromatic N) is 1. The highest BCUT2D eigenvalue weighted by Crippen LogP contribution is 2.24. The maximum Gasteiger partial charge on any atom is 0.252 e. The number of benzene rings is 3. The molecule has 3 aromatic rings. The lowest BCUT2D eigenvalue weighted by Gasteiger charge is -2.21. The molecule has 1 heterocycles. The van der Waals surface area contributed by atoms with E-state index in [0.29, 0.717) is 18.7 Å². The maximum atomic E-state index is 13.0. The number of rotatable bonds is 6. The molecule has 0 saturated carbocycles. The fourth-order valence-electron chi connectivity index (χ4n) is 3.92. The molecule has 5 nitrogen and oxygen atoms in total. The Kier molecular flexibility index (Phi) is 6.20. The Morgan fingerprint density at radius 1 is 0.871 bits per heavy atom. The summed E-state index contributed by atoms with van der Waals surface area (Å²) in [7, 11) is -3.49. The van der Waals surface area contributed by atoms with Crippen molar-refractivity contribution in [1.29, 1.82) is 0 Å². The molecule has 0 bridgehead atoms. The molecule has 3 aromatic carbocycles. The normalized spacial score (nSPS) is 15.5. The molecule has 0 aromatic heterocycles. The summed E-state index contributed by atoms with van der Waals surface area (Å²) in [4.78, 5) is 13.3. The van der Waals surface area contributed by atoms with Crippen LogP contribution in [-0.4, -0.2) is 31.7 Å². The first-order valence-electron chi connectivity index (χ1n) is 10.5. The molecular formula is C25H26N2O3S. The molecule has 1 atom stereocenters. The Bertz CT molecular complexity index is 1150. The van der Waals surface area contributed by atoms with Gasteiger partial charge in [0.05, 0.1) is 10.9 Å². The van der Waals surface area contributed by atoms with E-state index in [0.717, 1.165) is 29.5 Å². The van der Waals surface area contributed by atoms with Crippen LogP contribution in [0.3, 0.4) is 0 Å². The second-order valence-electron chi connectivity index (χ2n) is 7.87. The van der Waals surface area contributed by atoms with Crippen molar-refractivity contribution in [2.24, 2.45) is 0 Å². The van der Waals surface area contributed by atoms with Crippen LogP contribution in [-0.2, 0) is 10.0 Å². The number of aryl methyl sites for hydroxylation is 1. The highest BCUT2D eigenvalue weighted by molar-refractivity contribution is 7.89. The zero-order valence-corrected chi connectivity index (χ0v) is 18.3. The van der Waals surface area contributed by atoms with Crippen LogP contribution in [0.1, 0.15) is 45.9 Å². The minimum atomic E-state index is -3.49. The van der Waals surface area contributed by atoms with Crippen LogP contribution >= 0.6 is 0 Å². The van der Waals surface area contributed by atoms with Gasteiger partial charge in [-0.1, -0.05) is 60.2 Å². The van der Waals surface area contributed by atoms with Crippen molar-refractivity contribution in [3.63, 3.8) is 0 Å². The van der Waals surface area contributed by atoms with Gasteiger partial charge in [0.25, 0.3) is 5.91 Å². The van der Waals surface area contributed by atoms with Crippen LogP contribution in [0.4, 0.5) is 0 Å². The lowest BCUT2D eigenvalue weighted by molar-refractivity contribution is 0.0943. The van der Waals surface area contributed by atoms with Gasteiger partial charge in [0.15, 0.2) is 0 Å². The molecule has 1 unspecified atom stereocenters. The van der Waals surface area contributed by atoms with Crippen molar-refractivity contribution in [3.8, 4) is 0 Å². The monoisotopic (exact) mass is 434 g/mol. The van der Waals surface area contributed by atoms with Gasteiger partial charge in [-0.15, -0.1) is 0 Å². The Morgan fingerprint density at radius 2 is 1.52 bits per heavy atom. The van der Waals surface area contributed by atoms with Gasteiger partial charge in [-0.25, -0.2) is 8.42 Å². The summed E-state index contributed by atoms with van der Waals surface area (Å²) in [6.07, 6.45) is 1.78. The molecule has 1 saturated heterocycles. The van der Waals surface area contributed by atoms with Crippen molar-refractivity contribution < 1.29 is 13.2 Å². The summed E-state index contributed by atoms with van der Waals surface area (Å²) >= 11 is 0. The lowest BCUT2D eigenvalue weighted by atomic mass is 9.97. The number of amides is 1. The van der Waals surface area contributed by atoms with Gasteiger partial charge >= 0.3 is 0 Å². The van der Waals surface area contributed by atoms with Gasteiger partial charge in [0, 0.05) is 18.7 Å². The highest BCUT2D eigenvalue weighted by atomic mass is 32.2. The number of hydrogen-bond acceptors (Lipinski definition) is 3. The summed E-state index contributed by atoms with van der Waals surface area (Å²) in [5, 5.41) is 3.11. The molecule has 0 radical (unpaired) electrons. The fraction of sp³-hybridized carbons (Fsp3) is 0.240. The fourth-order valence-corrected chi connectivity index (χ4v) is 5.44. The molecule has 31 heavy (non-hydrogen) atoms. The second-order valence-corrected chi connectivity index (χ2v) is 9.80. The van der Waals surface area contributed by atoms with Crippen LogP contribution in [0.5, 0.6) is 0 Å². The van der Waals surface area contributed by atoms with Crippen LogP contribution in [0.2, 0.25) is 0 Å². The molecule has 1 fully saturated rings. The van der Waals surface area contributed by atoms with E-state index in [1.165, 1.54) is 16.4 Å². The zero-order chi connectivity index (χ0) is 21.8. The Hall–Kier alpha value is -2.96. The summed E-state index contributed by atoms with van der Waals surface area (Å²) in [6, 6.07) is 23.8. The van der Waals surface area contributed by atoms with Crippen molar-refractivity contribution in [1.82, 2.24) is 9.62 Å². The maximum absolute atomic E-state index is 13.0. The summed E-state index contributed by atoms with van der Waals surface area (Å²) in [5.74, 6) is -0.250. The molecule has 1 aliphatic heterocycles. The van der Waals surface area contributed by atoms with Crippen LogP contribution in [0.15, 0.2) is 83.8 Å². The summed E-state index contributed by atoms with van der Waals surface area (Å²) in [5.41, 5.74) is 3.51. The first kappa shape index (κ1) is 21.3. The molecule has 6 heteroatoms. The molecular weight excluding hydrogens is 408 g/mol. The van der Waals surface area contributed by atoms with E-state index >= 15 is 0 Å². The third-order valence-electron chi connectivity index (χ3n) is 5.60. The van der Waals surface area contributed by atoms with Crippen LogP contribution in [0, 0.1) is 6.92 Å². The molecule has 1 amide bonds. The molecule has 0 spiro atoms. The van der Waals surface area contributed by atoms with Crippen molar-refractivity contribution in [3.05, 3.63) is 101 Å². The second kappa shape index (κ2) is 9.04. The van der Waals surface area contributed by atoms with Gasteiger partial charge in [-0.05, 0) is 55.2 Å². The highest BCUT2D eigenvalue weighted by Gasteiger charge is 2.27. The third kappa shape index (κ3) is 4.70. The van der Waals surface area contributed by atoms with Gasteiger partial charge < -0.3 is 5.32 Å². The molecule has 0 aliphatic carbocycles. The first-order valence-corrected chi connectivity index (χ1v) is 11.9. The number of hydrogen-bond donors (Lipinski definition) is 1. The van der Waals surface area contributed by atoms with Gasteiger partial charge in [0.2, 0.25) is 10.0 Å². The van der Waals surface area contributed by atoms with Gasteiger partial charge in [0.1, 0.15) is 0 Å². The SMILES string of the molecule is Cc1cccc(C(NC(=O)c2ccc(S(=O)(=O)N3CCCC3)cc2)c2ccccc2)c1. The average molecular weight is 435 g/mol. The van der Waals surface area contributed by atoms with Crippen LogP contribution in [0.25, 0.3) is 0 Å². The quantitative estimate of drug-likeness (QED) is 0.629. The van der Waals surface area contributed by atoms with E-state index in [1.807, 2.05) is 55.5 Å². The van der Waals surface area contributed by atoms with Crippen molar-refractivity contribution in [2.75, 3.05) is 13.1 Å². The standard InChI is InChI=1S/C25H26N2O3S/c1-19-8-7-11-22(18-19)24(20-9-3-2-4-10-20)26-25(28)21-12-14-23(15-13-21)31(29,30)27-16-5-6-17-27/h2-4,7-15,18,24H,5-6,16-17H2,1H3,(H,26,28). The minimum absolute atomic E-state index is 0.226. The van der Waals surface area contributed by atoms with Gasteiger partial charge in [-0.3, -0.25) is 4.79 Å². The Labute approximate surface area is 183 Å². The van der Waals surface area contributed by atoms with Crippen LogP contribution < -0.4 is 5.32 Å². The molecule has 1 aliphatic rings. The van der Waals surface area contributed by atoms with E-state index in [2.05, 4.69) is 11.4 Å². The van der Waals surface area contributed by atoms with Gasteiger partial charge in [-0.2, -0.15) is 4.31 Å². The number of carbonyl (C=O) groups is 1. The lowest BCUT2D eigenvalue weighted by Crippen LogP contribution is -2.30. The topological polar surface area (TPSA) is 66.5 Å². The molecule has 1 N–H and O–H groups in total. The first-order chi connectivity index (χ1) is 14.9. The van der Waals surface area contributed by atoms with E-state index in [9.17, 15) is 13.2 Å². The van der Waals surface area contributed by atoms with E-state index < -0.39 is 10.0 Å². The molecule has 4 rings (SSSR count). The van der Waals surface area contributed by atoms with E-state index in [4.69, 9.17) is 0 Å². The van der Waals surface area contributed by atoms with Crippen molar-refractivity contribution in [2.45, 2.75) is 30.7 Å². The number of sulfonamides is 1. The summed E-state index contributed by atoms with van der Waals surface area (Å²) in [6.45, 7) is 3.13. The van der Waals surface area contributed by atoms with E-state index in [-0.39, 0.29) is 16.8 Å².